The lowest BCUT2D eigenvalue weighted by molar-refractivity contribution is -0.692. The quantitative estimate of drug-likeness (QED) is 0.0697. The number of carbonyl (C=O) groups is 1. The third-order valence-corrected chi connectivity index (χ3v) is 9.29. The van der Waals surface area contributed by atoms with Crippen LogP contribution in [-0.4, -0.2) is 51.5 Å². The highest BCUT2D eigenvalue weighted by atomic mass is 32.2. The first-order valence-corrected chi connectivity index (χ1v) is 15.9. The smallest absolute Gasteiger partial charge is 0.296 e. The van der Waals surface area contributed by atoms with E-state index in [0.29, 0.717) is 17.9 Å². The van der Waals surface area contributed by atoms with Crippen LogP contribution in [0.25, 0.3) is 10.8 Å². The summed E-state index contributed by atoms with van der Waals surface area (Å²) in [5.74, 6) is -0.978. The zero-order chi connectivity index (χ0) is 30.2. The van der Waals surface area contributed by atoms with Gasteiger partial charge in [-0.3, -0.25) is 13.9 Å². The van der Waals surface area contributed by atoms with Crippen LogP contribution in [-0.2, 0) is 36.6 Å². The summed E-state index contributed by atoms with van der Waals surface area (Å²) < 4.78 is 94.1. The van der Waals surface area contributed by atoms with Crippen molar-refractivity contribution in [2.75, 3.05) is 11.5 Å². The van der Waals surface area contributed by atoms with Crippen LogP contribution in [0.2, 0.25) is 0 Å². The number of anilines is 1. The van der Waals surface area contributed by atoms with E-state index in [1.165, 1.54) is 41.2 Å². The number of phenols is 1. The molecule has 1 heterocycles. The molecule has 14 nitrogen and oxygen atoms in total. The number of sulfone groups is 1. The van der Waals surface area contributed by atoms with E-state index in [1.54, 1.807) is 0 Å². The first kappa shape index (κ1) is 29.7. The number of aldehydes is 1. The molecule has 3 aromatic carbocycles. The summed E-state index contributed by atoms with van der Waals surface area (Å²) >= 11 is 0. The summed E-state index contributed by atoms with van der Waals surface area (Å²) in [6.45, 7) is -0.0249. The van der Waals surface area contributed by atoms with E-state index in [2.05, 4.69) is 10.2 Å². The highest BCUT2D eigenvalue weighted by Gasteiger charge is 2.24. The molecule has 0 spiro atoms. The average Bonchev–Trinajstić information content (AvgIpc) is 2.90. The Balaban J connectivity index is 1.74. The van der Waals surface area contributed by atoms with Gasteiger partial charge in [0.05, 0.1) is 15.5 Å². The second-order valence-corrected chi connectivity index (χ2v) is 13.5. The van der Waals surface area contributed by atoms with Gasteiger partial charge in [-0.2, -0.15) is 16.8 Å². The van der Waals surface area contributed by atoms with Crippen molar-refractivity contribution in [1.82, 2.24) is 0 Å². The number of benzene rings is 3. The molecule has 41 heavy (non-hydrogen) atoms. The van der Waals surface area contributed by atoms with Crippen molar-refractivity contribution in [3.63, 3.8) is 0 Å². The van der Waals surface area contributed by atoms with E-state index in [4.69, 9.17) is 5.73 Å². The second-order valence-electron chi connectivity index (χ2n) is 8.63. The summed E-state index contributed by atoms with van der Waals surface area (Å²) in [4.78, 5) is 8.80. The number of azo groups is 1. The van der Waals surface area contributed by atoms with Crippen LogP contribution in [0.5, 0.6) is 5.75 Å². The molecule has 0 bridgehead atoms. The van der Waals surface area contributed by atoms with E-state index in [-0.39, 0.29) is 28.7 Å². The Bertz CT molecular complexity index is 2040. The summed E-state index contributed by atoms with van der Waals surface area (Å²) in [7, 11) is -13.8. The molecular weight excluding hydrogens is 600 g/mol. The molecule has 0 aliphatic heterocycles. The lowest BCUT2D eigenvalue weighted by atomic mass is 10.1. The van der Waals surface area contributed by atoms with Crippen molar-refractivity contribution >= 4 is 64.2 Å². The van der Waals surface area contributed by atoms with E-state index in [1.807, 2.05) is 0 Å². The van der Waals surface area contributed by atoms with Crippen LogP contribution in [0, 0.1) is 0 Å². The van der Waals surface area contributed by atoms with Crippen molar-refractivity contribution in [2.24, 2.45) is 10.2 Å². The predicted octanol–water partition coefficient (Wildman–Crippen LogP) is 2.61. The SMILES string of the molecule is Nc1ccc2c(O)cc(S(=O)(=O)O)cc2c1N=Nc1ccc(S(=O)(=O)CC[n+]2ccc(C=O)cc2)cc1S(=O)(=O)O. The summed E-state index contributed by atoms with van der Waals surface area (Å²) in [6.07, 6.45) is 3.64. The number of hydrogen-bond donors (Lipinski definition) is 4. The van der Waals surface area contributed by atoms with Gasteiger partial charge in [0.2, 0.25) is 0 Å². The van der Waals surface area contributed by atoms with E-state index in [9.17, 15) is 44.3 Å². The summed E-state index contributed by atoms with van der Waals surface area (Å²) in [5, 5.41) is 17.9. The van der Waals surface area contributed by atoms with Crippen LogP contribution in [0.3, 0.4) is 0 Å². The third-order valence-electron chi connectivity index (χ3n) is 5.88. The van der Waals surface area contributed by atoms with Gasteiger partial charge in [-0.25, -0.2) is 13.0 Å². The molecule has 0 atom stereocenters. The Labute approximate surface area is 233 Å². The number of aromatic hydroxyl groups is 1. The minimum atomic E-state index is -5.02. The van der Waals surface area contributed by atoms with Gasteiger partial charge in [0, 0.05) is 34.5 Å². The number of pyridine rings is 1. The average molecular weight is 622 g/mol. The number of fused-ring (bicyclic) bond motifs is 1. The number of carbonyl (C=O) groups excluding carboxylic acids is 1. The molecule has 0 aliphatic carbocycles. The fourth-order valence-electron chi connectivity index (χ4n) is 3.77. The largest absolute Gasteiger partial charge is 0.507 e. The number of phenolic OH excluding ortho intramolecular Hbond substituents is 1. The van der Waals surface area contributed by atoms with Crippen LogP contribution in [0.4, 0.5) is 17.1 Å². The number of hydrogen-bond acceptors (Lipinski definition) is 11. The number of nitrogen functional groups attached to an aromatic ring is 1. The lowest BCUT2D eigenvalue weighted by Crippen LogP contribution is -2.36. The van der Waals surface area contributed by atoms with Gasteiger partial charge in [-0.1, -0.05) is 0 Å². The van der Waals surface area contributed by atoms with Crippen molar-refractivity contribution in [1.29, 1.82) is 0 Å². The Morgan fingerprint density at radius 1 is 0.805 bits per heavy atom. The van der Waals surface area contributed by atoms with Crippen LogP contribution in [0.1, 0.15) is 10.4 Å². The van der Waals surface area contributed by atoms with E-state index in [0.717, 1.165) is 24.3 Å². The monoisotopic (exact) mass is 621 g/mol. The first-order chi connectivity index (χ1) is 19.1. The van der Waals surface area contributed by atoms with Gasteiger partial charge in [0.15, 0.2) is 35.1 Å². The minimum absolute atomic E-state index is 0.0249. The molecule has 0 amide bonds. The topological polar surface area (TPSA) is 235 Å². The second kappa shape index (κ2) is 10.9. The molecule has 4 rings (SSSR count). The maximum atomic E-state index is 12.9. The van der Waals surface area contributed by atoms with Gasteiger partial charge in [0.25, 0.3) is 20.2 Å². The van der Waals surface area contributed by atoms with E-state index >= 15 is 0 Å². The van der Waals surface area contributed by atoms with Gasteiger partial charge in [-0.15, -0.1) is 10.2 Å². The Hall–Kier alpha value is -4.29. The van der Waals surface area contributed by atoms with Gasteiger partial charge in [0.1, 0.15) is 27.8 Å². The van der Waals surface area contributed by atoms with Crippen molar-refractivity contribution in [2.45, 2.75) is 21.2 Å². The molecule has 4 aromatic rings. The zero-order valence-corrected chi connectivity index (χ0v) is 23.1. The number of rotatable bonds is 9. The number of aryl methyl sites for hydroxylation is 1. The van der Waals surface area contributed by atoms with Gasteiger partial charge >= 0.3 is 0 Å². The maximum Gasteiger partial charge on any atom is 0.296 e. The number of nitrogens with two attached hydrogens (primary N) is 1. The molecule has 214 valence electrons. The van der Waals surface area contributed by atoms with Crippen LogP contribution < -0.4 is 10.3 Å². The minimum Gasteiger partial charge on any atom is -0.507 e. The normalized spacial score (nSPS) is 12.6. The zero-order valence-electron chi connectivity index (χ0n) is 20.7. The number of nitrogens with zero attached hydrogens (tertiary/aromatic N) is 3. The van der Waals surface area contributed by atoms with Crippen molar-refractivity contribution < 1.29 is 48.8 Å². The van der Waals surface area contributed by atoms with Crippen molar-refractivity contribution in [3.8, 4) is 5.75 Å². The Morgan fingerprint density at radius 2 is 1.49 bits per heavy atom. The fourth-order valence-corrected chi connectivity index (χ4v) is 6.28. The third kappa shape index (κ3) is 6.55. The Morgan fingerprint density at radius 3 is 2.10 bits per heavy atom. The van der Waals surface area contributed by atoms with E-state index < -0.39 is 61.9 Å². The molecule has 0 radical (unpaired) electrons. The summed E-state index contributed by atoms with van der Waals surface area (Å²) in [5.41, 5.74) is 5.59. The van der Waals surface area contributed by atoms with Crippen molar-refractivity contribution in [3.05, 3.63) is 72.6 Å². The first-order valence-electron chi connectivity index (χ1n) is 11.3. The Kier molecular flexibility index (Phi) is 7.92. The molecule has 0 aliphatic rings. The molecule has 1 aromatic heterocycles. The molecule has 5 N–H and O–H groups in total. The fraction of sp³-hybridized carbons (Fsp3) is 0.0833. The molecule has 17 heteroatoms. The maximum absolute atomic E-state index is 12.9. The standard InChI is InChI=1S/C24H20N4O10S3/c25-20-3-2-18-19(11-17(12-22(18)30)40(33,34)35)24(20)27-26-21-4-1-16(13-23(21)41(36,37)38)39(31,32)10-9-28-7-5-15(14-29)6-8-28/h1-8,11-14H,9-10H2,(H4-,25,26,30,33,34,35,36,37,38)/p+1. The van der Waals surface area contributed by atoms with Crippen LogP contribution >= 0.6 is 0 Å². The molecule has 0 unspecified atom stereocenters. The predicted molar refractivity (Wildman–Crippen MR) is 144 cm³/mol. The highest BCUT2D eigenvalue weighted by Crippen LogP contribution is 2.39. The molecular formula is C24H21N4O10S3+. The summed E-state index contributed by atoms with van der Waals surface area (Å²) in [6, 6.07) is 10.2. The lowest BCUT2D eigenvalue weighted by Gasteiger charge is -2.09. The molecule has 0 fully saturated rings. The molecule has 0 saturated heterocycles. The molecule has 0 saturated carbocycles. The number of aromatic nitrogens is 1. The van der Waals surface area contributed by atoms with Gasteiger partial charge in [-0.05, 0) is 36.4 Å². The van der Waals surface area contributed by atoms with Gasteiger partial charge < -0.3 is 10.8 Å². The highest BCUT2D eigenvalue weighted by molar-refractivity contribution is 7.91. The van der Waals surface area contributed by atoms with Crippen LogP contribution in [0.15, 0.2) is 91.9 Å².